The van der Waals surface area contributed by atoms with E-state index in [1.807, 2.05) is 0 Å². The number of benzene rings is 1. The van der Waals surface area contributed by atoms with E-state index < -0.39 is 11.6 Å². The number of hydrogen-bond acceptors (Lipinski definition) is 0. The summed E-state index contributed by atoms with van der Waals surface area (Å²) in [6.07, 6.45) is 17.8. The van der Waals surface area contributed by atoms with Gasteiger partial charge in [-0.3, -0.25) is 0 Å². The van der Waals surface area contributed by atoms with Crippen LogP contribution in [-0.2, 0) is 0 Å². The molecule has 2 fully saturated rings. The van der Waals surface area contributed by atoms with Crippen molar-refractivity contribution in [1.29, 1.82) is 0 Å². The van der Waals surface area contributed by atoms with Gasteiger partial charge in [-0.1, -0.05) is 50.7 Å². The maximum absolute atomic E-state index is 13.5. The van der Waals surface area contributed by atoms with Crippen LogP contribution in [0.4, 0.5) is 8.78 Å². The number of rotatable bonds is 7. The summed E-state index contributed by atoms with van der Waals surface area (Å²) in [5.41, 5.74) is 0.986. The van der Waals surface area contributed by atoms with Crippen molar-refractivity contribution in [2.75, 3.05) is 0 Å². The monoisotopic (exact) mass is 360 g/mol. The quantitative estimate of drug-likeness (QED) is 0.435. The van der Waals surface area contributed by atoms with Crippen LogP contribution in [-0.4, -0.2) is 0 Å². The van der Waals surface area contributed by atoms with Crippen molar-refractivity contribution in [2.24, 2.45) is 17.8 Å². The van der Waals surface area contributed by atoms with Crippen LogP contribution in [0.3, 0.4) is 0 Å². The Morgan fingerprint density at radius 2 is 1.31 bits per heavy atom. The number of allylic oxidation sites excluding steroid dienone is 1. The third-order valence-electron chi connectivity index (χ3n) is 6.99. The minimum absolute atomic E-state index is 0.418. The predicted molar refractivity (Wildman–Crippen MR) is 105 cm³/mol. The van der Waals surface area contributed by atoms with E-state index in [1.165, 1.54) is 76.3 Å². The molecule has 0 saturated heterocycles. The van der Waals surface area contributed by atoms with E-state index in [4.69, 9.17) is 0 Å². The Balaban J connectivity index is 1.35. The normalized spacial score (nSPS) is 29.5. The van der Waals surface area contributed by atoms with Gasteiger partial charge in [-0.05, 0) is 79.9 Å². The minimum Gasteiger partial charge on any atom is -0.204 e. The van der Waals surface area contributed by atoms with Crippen LogP contribution in [0.15, 0.2) is 30.9 Å². The lowest BCUT2D eigenvalue weighted by molar-refractivity contribution is 0.225. The fourth-order valence-electron chi connectivity index (χ4n) is 5.18. The lowest BCUT2D eigenvalue weighted by Crippen LogP contribution is -2.17. The molecule has 2 aliphatic rings. The smallest absolute Gasteiger partial charge is 0.159 e. The Hall–Kier alpha value is -1.18. The third kappa shape index (κ3) is 5.41. The number of hydrogen-bond donors (Lipinski definition) is 0. The minimum atomic E-state index is -0.735. The molecule has 26 heavy (non-hydrogen) atoms. The lowest BCUT2D eigenvalue weighted by atomic mass is 9.74. The van der Waals surface area contributed by atoms with Crippen LogP contribution in [0.25, 0.3) is 0 Å². The highest BCUT2D eigenvalue weighted by molar-refractivity contribution is 5.22. The summed E-state index contributed by atoms with van der Waals surface area (Å²) >= 11 is 0. The molecule has 1 aromatic carbocycles. The molecule has 0 nitrogen and oxygen atoms in total. The van der Waals surface area contributed by atoms with E-state index in [-0.39, 0.29) is 0 Å². The molecule has 0 aliphatic heterocycles. The van der Waals surface area contributed by atoms with Crippen molar-refractivity contribution >= 4 is 0 Å². The summed E-state index contributed by atoms with van der Waals surface area (Å²) in [5, 5.41) is 0. The first-order valence-corrected chi connectivity index (χ1v) is 10.7. The van der Waals surface area contributed by atoms with E-state index >= 15 is 0 Å². The van der Waals surface area contributed by atoms with Gasteiger partial charge in [0.15, 0.2) is 11.6 Å². The Labute approximate surface area is 158 Å². The van der Waals surface area contributed by atoms with Gasteiger partial charge in [-0.2, -0.15) is 0 Å². The molecule has 3 rings (SSSR count). The van der Waals surface area contributed by atoms with Gasteiger partial charge in [0, 0.05) is 0 Å². The van der Waals surface area contributed by atoms with Crippen molar-refractivity contribution in [3.8, 4) is 0 Å². The summed E-state index contributed by atoms with van der Waals surface area (Å²) in [6, 6.07) is 4.46. The fraction of sp³-hybridized carbons (Fsp3) is 0.667. The Morgan fingerprint density at radius 3 is 1.85 bits per heavy atom. The lowest BCUT2D eigenvalue weighted by Gasteiger charge is -2.32. The highest BCUT2D eigenvalue weighted by atomic mass is 19.2. The molecule has 0 radical (unpaired) electrons. The SMILES string of the molecule is C=CCC[C@H]1CC[C@H](CCC2CCC(c3ccc(F)c(F)c3)CC2)CC1. The van der Waals surface area contributed by atoms with E-state index in [9.17, 15) is 8.78 Å². The zero-order valence-electron chi connectivity index (χ0n) is 16.1. The predicted octanol–water partition coefficient (Wildman–Crippen LogP) is 7.79. The molecular weight excluding hydrogens is 326 g/mol. The summed E-state index contributed by atoms with van der Waals surface area (Å²) in [6.45, 7) is 3.84. The van der Waals surface area contributed by atoms with Gasteiger partial charge in [0.1, 0.15) is 0 Å². The van der Waals surface area contributed by atoms with Crippen LogP contribution >= 0.6 is 0 Å². The van der Waals surface area contributed by atoms with Crippen molar-refractivity contribution in [2.45, 2.75) is 83.0 Å². The van der Waals surface area contributed by atoms with E-state index in [2.05, 4.69) is 12.7 Å². The highest BCUT2D eigenvalue weighted by Crippen LogP contribution is 2.40. The van der Waals surface area contributed by atoms with Crippen LogP contribution in [0.2, 0.25) is 0 Å². The average molecular weight is 361 g/mol. The molecule has 0 heterocycles. The van der Waals surface area contributed by atoms with Crippen molar-refractivity contribution in [3.63, 3.8) is 0 Å². The third-order valence-corrected chi connectivity index (χ3v) is 6.99. The topological polar surface area (TPSA) is 0 Å². The molecule has 0 N–H and O–H groups in total. The number of halogens is 2. The van der Waals surface area contributed by atoms with Crippen LogP contribution in [0, 0.1) is 29.4 Å². The molecule has 0 amide bonds. The zero-order valence-corrected chi connectivity index (χ0v) is 16.1. The molecule has 2 heteroatoms. The van der Waals surface area contributed by atoms with Gasteiger partial charge in [0.25, 0.3) is 0 Å². The molecule has 2 aliphatic carbocycles. The van der Waals surface area contributed by atoms with Crippen LogP contribution in [0.1, 0.15) is 88.5 Å². The highest BCUT2D eigenvalue weighted by Gasteiger charge is 2.25. The van der Waals surface area contributed by atoms with Crippen LogP contribution in [0.5, 0.6) is 0 Å². The summed E-state index contributed by atoms with van der Waals surface area (Å²) in [5.74, 6) is 1.71. The van der Waals surface area contributed by atoms with Crippen LogP contribution < -0.4 is 0 Å². The van der Waals surface area contributed by atoms with E-state index in [0.717, 1.165) is 36.2 Å². The standard InChI is InChI=1S/C24H34F2/c1-2-3-4-18-5-7-19(8-6-18)9-10-20-11-13-21(14-12-20)22-15-16-23(25)24(26)17-22/h2,15-21H,1,3-14H2/t18-,19-,20?,21?. The second-order valence-electron chi connectivity index (χ2n) is 8.72. The maximum Gasteiger partial charge on any atom is 0.159 e. The van der Waals surface area contributed by atoms with Gasteiger partial charge in [-0.15, -0.1) is 6.58 Å². The Kier molecular flexibility index (Phi) is 7.28. The van der Waals surface area contributed by atoms with Crippen molar-refractivity contribution < 1.29 is 8.78 Å². The van der Waals surface area contributed by atoms with Crippen molar-refractivity contribution in [3.05, 3.63) is 48.1 Å². The summed E-state index contributed by atoms with van der Waals surface area (Å²) in [4.78, 5) is 0. The molecule has 0 bridgehead atoms. The maximum atomic E-state index is 13.5. The molecule has 144 valence electrons. The first kappa shape index (κ1) is 19.6. The molecule has 0 spiro atoms. The first-order valence-electron chi connectivity index (χ1n) is 10.7. The molecule has 0 aromatic heterocycles. The largest absolute Gasteiger partial charge is 0.204 e. The van der Waals surface area contributed by atoms with Gasteiger partial charge >= 0.3 is 0 Å². The van der Waals surface area contributed by atoms with Gasteiger partial charge in [0.2, 0.25) is 0 Å². The Morgan fingerprint density at radius 1 is 0.769 bits per heavy atom. The fourth-order valence-corrected chi connectivity index (χ4v) is 5.18. The van der Waals surface area contributed by atoms with E-state index in [1.54, 1.807) is 6.07 Å². The molecular formula is C24H34F2. The van der Waals surface area contributed by atoms with Gasteiger partial charge < -0.3 is 0 Å². The van der Waals surface area contributed by atoms with Crippen molar-refractivity contribution in [1.82, 2.24) is 0 Å². The second-order valence-corrected chi connectivity index (χ2v) is 8.72. The average Bonchev–Trinajstić information content (AvgIpc) is 2.68. The molecule has 0 atom stereocenters. The van der Waals surface area contributed by atoms with Gasteiger partial charge in [-0.25, -0.2) is 8.78 Å². The second kappa shape index (κ2) is 9.67. The van der Waals surface area contributed by atoms with E-state index in [0.29, 0.717) is 5.92 Å². The van der Waals surface area contributed by atoms with Gasteiger partial charge in [0.05, 0.1) is 0 Å². The summed E-state index contributed by atoms with van der Waals surface area (Å²) in [7, 11) is 0. The molecule has 1 aromatic rings. The summed E-state index contributed by atoms with van der Waals surface area (Å²) < 4.78 is 26.6. The molecule has 2 saturated carbocycles. The Bertz CT molecular complexity index is 564. The first-order chi connectivity index (χ1) is 12.7. The zero-order chi connectivity index (χ0) is 18.4. The molecule has 0 unspecified atom stereocenters.